The predicted octanol–water partition coefficient (Wildman–Crippen LogP) is 1.51. The van der Waals surface area contributed by atoms with Crippen LogP contribution in [0.4, 0.5) is 5.69 Å². The van der Waals surface area contributed by atoms with Crippen molar-refractivity contribution in [2.75, 3.05) is 26.1 Å². The van der Waals surface area contributed by atoms with Gasteiger partial charge in [0.05, 0.1) is 20.1 Å². The fraction of sp³-hybridized carbons (Fsp3) is 0.474. The van der Waals surface area contributed by atoms with E-state index in [2.05, 4.69) is 15.4 Å². The van der Waals surface area contributed by atoms with Crippen molar-refractivity contribution >= 4 is 29.4 Å². The topological polar surface area (TPSA) is 111 Å². The van der Waals surface area contributed by atoms with Crippen LogP contribution in [0.25, 0.3) is 0 Å². The van der Waals surface area contributed by atoms with Gasteiger partial charge < -0.3 is 20.1 Å². The van der Waals surface area contributed by atoms with E-state index in [4.69, 9.17) is 4.74 Å². The minimum absolute atomic E-state index is 0.185. The molecule has 1 aromatic carbocycles. The first-order chi connectivity index (χ1) is 12.9. The first-order valence-corrected chi connectivity index (χ1v) is 8.78. The number of amides is 2. The Morgan fingerprint density at radius 1 is 1.07 bits per heavy atom. The van der Waals surface area contributed by atoms with E-state index in [1.165, 1.54) is 20.3 Å². The summed E-state index contributed by atoms with van der Waals surface area (Å²) in [6.07, 6.45) is 2.68. The Kier molecular flexibility index (Phi) is 7.34. The maximum Gasteiger partial charge on any atom is 0.325 e. The Morgan fingerprint density at radius 3 is 2.52 bits per heavy atom. The molecule has 0 heterocycles. The van der Waals surface area contributed by atoms with Crippen molar-refractivity contribution in [3.8, 4) is 0 Å². The SMILES string of the molecule is COC(=O)CNC(=O)c1cccc(NC(=O)C2CCCC(C(=O)OC)C2)c1. The first kappa shape index (κ1) is 20.4. The average Bonchev–Trinajstić information content (AvgIpc) is 2.71. The molecular formula is C19H24N2O6. The van der Waals surface area contributed by atoms with Crippen LogP contribution in [0.15, 0.2) is 24.3 Å². The highest BCUT2D eigenvalue weighted by Gasteiger charge is 2.31. The summed E-state index contributed by atoms with van der Waals surface area (Å²) in [6, 6.07) is 6.43. The van der Waals surface area contributed by atoms with Crippen molar-refractivity contribution in [1.82, 2.24) is 5.32 Å². The lowest BCUT2D eigenvalue weighted by Gasteiger charge is -2.26. The normalized spacial score (nSPS) is 18.9. The van der Waals surface area contributed by atoms with Gasteiger partial charge >= 0.3 is 11.9 Å². The van der Waals surface area contributed by atoms with Crippen LogP contribution in [0, 0.1) is 11.8 Å². The standard InChI is InChI=1S/C19H24N2O6/c1-26-16(22)11-20-17(23)13-6-4-8-15(10-13)21-18(24)12-5-3-7-14(9-12)19(25)27-2/h4,6,8,10,12,14H,3,5,7,9,11H2,1-2H3,(H,20,23)(H,21,24). The summed E-state index contributed by atoms with van der Waals surface area (Å²) in [6.45, 7) is -0.233. The van der Waals surface area contributed by atoms with Gasteiger partial charge in [0.15, 0.2) is 0 Å². The number of rotatable bonds is 6. The number of benzene rings is 1. The molecule has 0 saturated heterocycles. The monoisotopic (exact) mass is 376 g/mol. The zero-order chi connectivity index (χ0) is 19.8. The quantitative estimate of drug-likeness (QED) is 0.728. The Hall–Kier alpha value is -2.90. The highest BCUT2D eigenvalue weighted by molar-refractivity contribution is 5.98. The van der Waals surface area contributed by atoms with Gasteiger partial charge in [-0.2, -0.15) is 0 Å². The molecule has 0 spiro atoms. The number of anilines is 1. The van der Waals surface area contributed by atoms with E-state index in [1.54, 1.807) is 18.2 Å². The van der Waals surface area contributed by atoms with Crippen LogP contribution in [0.3, 0.4) is 0 Å². The van der Waals surface area contributed by atoms with Gasteiger partial charge in [0.1, 0.15) is 6.54 Å². The Labute approximate surface area is 157 Å². The van der Waals surface area contributed by atoms with E-state index in [1.807, 2.05) is 0 Å². The lowest BCUT2D eigenvalue weighted by atomic mass is 9.81. The molecule has 27 heavy (non-hydrogen) atoms. The van der Waals surface area contributed by atoms with Gasteiger partial charge in [0, 0.05) is 17.2 Å². The van der Waals surface area contributed by atoms with Crippen molar-refractivity contribution in [3.63, 3.8) is 0 Å². The molecule has 2 unspecified atom stereocenters. The molecule has 1 aliphatic rings. The second-order valence-corrected chi connectivity index (χ2v) is 6.41. The van der Waals surface area contributed by atoms with Gasteiger partial charge in [-0.25, -0.2) is 0 Å². The predicted molar refractivity (Wildman–Crippen MR) is 96.9 cm³/mol. The lowest BCUT2D eigenvalue weighted by Crippen LogP contribution is -2.32. The van der Waals surface area contributed by atoms with Crippen LogP contribution in [-0.2, 0) is 23.9 Å². The molecule has 8 nitrogen and oxygen atoms in total. The van der Waals surface area contributed by atoms with Crippen LogP contribution in [0.5, 0.6) is 0 Å². The zero-order valence-corrected chi connectivity index (χ0v) is 15.4. The molecule has 1 aromatic rings. The molecule has 0 aromatic heterocycles. The summed E-state index contributed by atoms with van der Waals surface area (Å²) in [7, 11) is 2.59. The fourth-order valence-electron chi connectivity index (χ4n) is 3.12. The number of methoxy groups -OCH3 is 2. The third kappa shape index (κ3) is 5.80. The van der Waals surface area contributed by atoms with E-state index < -0.39 is 11.9 Å². The summed E-state index contributed by atoms with van der Waals surface area (Å²) in [5.41, 5.74) is 0.790. The van der Waals surface area contributed by atoms with Gasteiger partial charge in [-0.15, -0.1) is 0 Å². The van der Waals surface area contributed by atoms with E-state index in [-0.39, 0.29) is 30.3 Å². The fourth-order valence-corrected chi connectivity index (χ4v) is 3.12. The highest BCUT2D eigenvalue weighted by Crippen LogP contribution is 2.30. The van der Waals surface area contributed by atoms with Crippen molar-refractivity contribution in [2.45, 2.75) is 25.7 Å². The van der Waals surface area contributed by atoms with Crippen molar-refractivity contribution < 1.29 is 28.7 Å². The van der Waals surface area contributed by atoms with Gasteiger partial charge in [0.25, 0.3) is 5.91 Å². The molecule has 8 heteroatoms. The molecule has 0 radical (unpaired) electrons. The van der Waals surface area contributed by atoms with Gasteiger partial charge in [-0.1, -0.05) is 12.5 Å². The number of hydrogen-bond acceptors (Lipinski definition) is 6. The third-order valence-corrected chi connectivity index (χ3v) is 4.59. The van der Waals surface area contributed by atoms with Crippen LogP contribution in [0.2, 0.25) is 0 Å². The number of carbonyl (C=O) groups excluding carboxylic acids is 4. The summed E-state index contributed by atoms with van der Waals surface area (Å²) in [5, 5.41) is 5.24. The van der Waals surface area contributed by atoms with E-state index in [9.17, 15) is 19.2 Å². The first-order valence-electron chi connectivity index (χ1n) is 8.78. The number of hydrogen-bond donors (Lipinski definition) is 2. The number of esters is 2. The van der Waals surface area contributed by atoms with Crippen LogP contribution < -0.4 is 10.6 Å². The maximum absolute atomic E-state index is 12.5. The second kappa shape index (κ2) is 9.70. The molecular weight excluding hydrogens is 352 g/mol. The third-order valence-electron chi connectivity index (χ3n) is 4.59. The molecule has 1 aliphatic carbocycles. The van der Waals surface area contributed by atoms with Gasteiger partial charge in [-0.05, 0) is 37.5 Å². The number of nitrogens with one attached hydrogen (secondary N) is 2. The number of carbonyl (C=O) groups is 4. The maximum atomic E-state index is 12.5. The molecule has 0 bridgehead atoms. The van der Waals surface area contributed by atoms with E-state index >= 15 is 0 Å². The van der Waals surface area contributed by atoms with Crippen molar-refractivity contribution in [2.24, 2.45) is 11.8 Å². The summed E-state index contributed by atoms with van der Waals surface area (Å²) < 4.78 is 9.25. The van der Waals surface area contributed by atoms with Gasteiger partial charge in [0.2, 0.25) is 5.91 Å². The minimum atomic E-state index is -0.551. The molecule has 2 atom stereocenters. The Balaban J connectivity index is 1.96. The molecule has 2 amide bonds. The second-order valence-electron chi connectivity index (χ2n) is 6.41. The van der Waals surface area contributed by atoms with Gasteiger partial charge in [-0.3, -0.25) is 19.2 Å². The zero-order valence-electron chi connectivity index (χ0n) is 15.4. The van der Waals surface area contributed by atoms with Crippen molar-refractivity contribution in [1.29, 1.82) is 0 Å². The molecule has 2 N–H and O–H groups in total. The van der Waals surface area contributed by atoms with E-state index in [0.29, 0.717) is 24.1 Å². The number of ether oxygens (including phenoxy) is 2. The Morgan fingerprint density at radius 2 is 1.81 bits per heavy atom. The lowest BCUT2D eigenvalue weighted by molar-refractivity contribution is -0.147. The molecule has 1 fully saturated rings. The summed E-state index contributed by atoms with van der Waals surface area (Å²) >= 11 is 0. The highest BCUT2D eigenvalue weighted by atomic mass is 16.5. The smallest absolute Gasteiger partial charge is 0.325 e. The Bertz CT molecular complexity index is 718. The largest absolute Gasteiger partial charge is 0.469 e. The minimum Gasteiger partial charge on any atom is -0.469 e. The average molecular weight is 376 g/mol. The molecule has 0 aliphatic heterocycles. The summed E-state index contributed by atoms with van der Waals surface area (Å²) in [4.78, 5) is 47.4. The van der Waals surface area contributed by atoms with Crippen molar-refractivity contribution in [3.05, 3.63) is 29.8 Å². The molecule has 1 saturated carbocycles. The van der Waals surface area contributed by atoms with E-state index in [0.717, 1.165) is 12.8 Å². The molecule has 146 valence electrons. The summed E-state index contributed by atoms with van der Waals surface area (Å²) in [5.74, 6) is -1.99. The van der Waals surface area contributed by atoms with Crippen LogP contribution >= 0.6 is 0 Å². The van der Waals surface area contributed by atoms with Crippen LogP contribution in [0.1, 0.15) is 36.0 Å². The van der Waals surface area contributed by atoms with Crippen LogP contribution in [-0.4, -0.2) is 44.5 Å². The molecule has 2 rings (SSSR count).